The summed E-state index contributed by atoms with van der Waals surface area (Å²) >= 11 is 0. The van der Waals surface area contributed by atoms with Crippen LogP contribution in [0.5, 0.6) is 0 Å². The Morgan fingerprint density at radius 1 is 1.58 bits per heavy atom. The molecule has 0 aliphatic rings. The molecule has 0 aromatic heterocycles. The van der Waals surface area contributed by atoms with Crippen molar-refractivity contribution < 1.29 is 14.7 Å². The van der Waals surface area contributed by atoms with Gasteiger partial charge in [-0.15, -0.1) is 0 Å². The Morgan fingerprint density at radius 2 is 2.17 bits per heavy atom. The first-order chi connectivity index (χ1) is 5.57. The molecule has 0 unspecified atom stereocenters. The average molecular weight is 174 g/mol. The van der Waals surface area contributed by atoms with Crippen molar-refractivity contribution in [1.29, 1.82) is 0 Å². The first kappa shape index (κ1) is 11.1. The first-order valence-electron chi connectivity index (χ1n) is 3.72. The number of hydrogen-bond donors (Lipinski definition) is 3. The van der Waals surface area contributed by atoms with E-state index in [-0.39, 0.29) is 25.2 Å². The van der Waals surface area contributed by atoms with E-state index in [1.54, 1.807) is 7.05 Å². The van der Waals surface area contributed by atoms with Gasteiger partial charge in [0.05, 0.1) is 6.54 Å². The van der Waals surface area contributed by atoms with Crippen LogP contribution in [0.2, 0.25) is 0 Å². The van der Waals surface area contributed by atoms with Crippen LogP contribution < -0.4 is 11.1 Å². The number of ketones is 1. The molecule has 0 saturated carbocycles. The molecule has 0 aliphatic carbocycles. The summed E-state index contributed by atoms with van der Waals surface area (Å²) in [7, 11) is 1.66. The molecule has 12 heavy (non-hydrogen) atoms. The number of carbonyl (C=O) groups excluding carboxylic acids is 1. The van der Waals surface area contributed by atoms with Crippen molar-refractivity contribution in [2.75, 3.05) is 13.6 Å². The molecular formula is C7H14N2O3. The number of nitrogens with one attached hydrogen (secondary N) is 1. The van der Waals surface area contributed by atoms with Gasteiger partial charge in [0.15, 0.2) is 0 Å². The fraction of sp³-hybridized carbons (Fsp3) is 0.714. The lowest BCUT2D eigenvalue weighted by molar-refractivity contribution is -0.138. The van der Waals surface area contributed by atoms with Crippen molar-refractivity contribution in [2.24, 2.45) is 5.73 Å². The highest BCUT2D eigenvalue weighted by atomic mass is 16.4. The van der Waals surface area contributed by atoms with Gasteiger partial charge in [-0.05, 0) is 13.5 Å². The van der Waals surface area contributed by atoms with Gasteiger partial charge >= 0.3 is 5.97 Å². The van der Waals surface area contributed by atoms with E-state index in [0.717, 1.165) is 0 Å². The lowest BCUT2D eigenvalue weighted by atomic mass is 10.1. The van der Waals surface area contributed by atoms with E-state index in [0.29, 0.717) is 0 Å². The number of carboxylic acids is 1. The van der Waals surface area contributed by atoms with Crippen molar-refractivity contribution >= 4 is 11.8 Å². The fourth-order valence-corrected chi connectivity index (χ4v) is 0.726. The quantitative estimate of drug-likeness (QED) is 0.478. The predicted molar refractivity (Wildman–Crippen MR) is 43.8 cm³/mol. The highest BCUT2D eigenvalue weighted by molar-refractivity contribution is 5.81. The number of hydrogen-bond acceptors (Lipinski definition) is 4. The lowest BCUT2D eigenvalue weighted by Crippen LogP contribution is -2.31. The van der Waals surface area contributed by atoms with Gasteiger partial charge in [0.2, 0.25) is 0 Å². The molecule has 70 valence electrons. The number of Topliss-reactive ketones (excluding diaryl/α,β-unsaturated/α-hetero) is 1. The third-order valence-electron chi connectivity index (χ3n) is 1.43. The van der Waals surface area contributed by atoms with Crippen LogP contribution in [-0.2, 0) is 9.59 Å². The van der Waals surface area contributed by atoms with Gasteiger partial charge in [-0.1, -0.05) is 0 Å². The maximum atomic E-state index is 10.9. The maximum Gasteiger partial charge on any atom is 0.320 e. The van der Waals surface area contributed by atoms with Crippen molar-refractivity contribution in [3.8, 4) is 0 Å². The van der Waals surface area contributed by atoms with E-state index < -0.39 is 12.0 Å². The number of carboxylic acid groups (broad SMARTS) is 1. The van der Waals surface area contributed by atoms with Crippen LogP contribution in [0.3, 0.4) is 0 Å². The van der Waals surface area contributed by atoms with Crippen LogP contribution in [0, 0.1) is 0 Å². The third kappa shape index (κ3) is 4.81. The van der Waals surface area contributed by atoms with Gasteiger partial charge in [-0.2, -0.15) is 0 Å². The van der Waals surface area contributed by atoms with Crippen LogP contribution in [0.25, 0.3) is 0 Å². The summed E-state index contributed by atoms with van der Waals surface area (Å²) in [5.74, 6) is -1.08. The molecule has 0 rings (SSSR count). The SMILES string of the molecule is CNCC(=O)CC[C@H](N)C(=O)O. The van der Waals surface area contributed by atoms with Crippen LogP contribution in [-0.4, -0.2) is 36.5 Å². The molecule has 0 saturated heterocycles. The molecule has 0 radical (unpaired) electrons. The van der Waals surface area contributed by atoms with Crippen molar-refractivity contribution in [2.45, 2.75) is 18.9 Å². The summed E-state index contributed by atoms with van der Waals surface area (Å²) < 4.78 is 0. The monoisotopic (exact) mass is 174 g/mol. The molecule has 0 aromatic rings. The highest BCUT2D eigenvalue weighted by Gasteiger charge is 2.12. The standard InChI is InChI=1S/C7H14N2O3/c1-9-4-5(10)2-3-6(8)7(11)12/h6,9H,2-4,8H2,1H3,(H,11,12)/t6-/m0/s1. The Labute approximate surface area is 70.9 Å². The second-order valence-electron chi connectivity index (χ2n) is 2.55. The van der Waals surface area contributed by atoms with E-state index in [2.05, 4.69) is 5.32 Å². The minimum atomic E-state index is -1.06. The molecule has 1 atom stereocenters. The van der Waals surface area contributed by atoms with E-state index in [1.165, 1.54) is 0 Å². The Bertz CT molecular complexity index is 170. The van der Waals surface area contributed by atoms with Gasteiger partial charge in [0.25, 0.3) is 0 Å². The molecular weight excluding hydrogens is 160 g/mol. The molecule has 5 nitrogen and oxygen atoms in total. The summed E-state index contributed by atoms with van der Waals surface area (Å²) in [6, 6.07) is -0.925. The Morgan fingerprint density at radius 3 is 2.58 bits per heavy atom. The number of carbonyl (C=O) groups is 2. The van der Waals surface area contributed by atoms with Gasteiger partial charge in [-0.3, -0.25) is 9.59 Å². The zero-order valence-electron chi connectivity index (χ0n) is 7.04. The predicted octanol–water partition coefficient (Wildman–Crippen LogP) is -1.03. The zero-order valence-corrected chi connectivity index (χ0v) is 7.04. The van der Waals surface area contributed by atoms with Gasteiger partial charge < -0.3 is 16.2 Å². The molecule has 0 heterocycles. The van der Waals surface area contributed by atoms with E-state index in [9.17, 15) is 9.59 Å². The van der Waals surface area contributed by atoms with E-state index >= 15 is 0 Å². The molecule has 0 spiro atoms. The average Bonchev–Trinajstić information content (AvgIpc) is 2.00. The summed E-state index contributed by atoms with van der Waals surface area (Å²) in [5.41, 5.74) is 5.19. The Balaban J connectivity index is 3.54. The Kier molecular flexibility index (Phi) is 5.23. The summed E-state index contributed by atoms with van der Waals surface area (Å²) in [6.45, 7) is 0.270. The van der Waals surface area contributed by atoms with E-state index in [1.807, 2.05) is 0 Å². The van der Waals surface area contributed by atoms with Gasteiger partial charge in [0.1, 0.15) is 11.8 Å². The molecule has 4 N–H and O–H groups in total. The Hall–Kier alpha value is -0.940. The smallest absolute Gasteiger partial charge is 0.320 e. The van der Waals surface area contributed by atoms with Crippen LogP contribution in [0.1, 0.15) is 12.8 Å². The molecule has 0 bridgehead atoms. The molecule has 0 fully saturated rings. The highest BCUT2D eigenvalue weighted by Crippen LogP contribution is 1.95. The topological polar surface area (TPSA) is 92.4 Å². The minimum Gasteiger partial charge on any atom is -0.480 e. The van der Waals surface area contributed by atoms with Crippen molar-refractivity contribution in [3.05, 3.63) is 0 Å². The normalized spacial score (nSPS) is 12.5. The zero-order chi connectivity index (χ0) is 9.56. The van der Waals surface area contributed by atoms with Crippen molar-refractivity contribution in [1.82, 2.24) is 5.32 Å². The molecule has 0 amide bonds. The second-order valence-corrected chi connectivity index (χ2v) is 2.55. The maximum absolute atomic E-state index is 10.9. The first-order valence-corrected chi connectivity index (χ1v) is 3.72. The van der Waals surface area contributed by atoms with Crippen LogP contribution in [0.15, 0.2) is 0 Å². The largest absolute Gasteiger partial charge is 0.480 e. The molecule has 0 aromatic carbocycles. The summed E-state index contributed by atoms with van der Waals surface area (Å²) in [5, 5.41) is 11.1. The molecule has 5 heteroatoms. The minimum absolute atomic E-state index is 0.0193. The van der Waals surface area contributed by atoms with Gasteiger partial charge in [-0.25, -0.2) is 0 Å². The number of likely N-dealkylation sites (N-methyl/N-ethyl adjacent to an activating group) is 1. The third-order valence-corrected chi connectivity index (χ3v) is 1.43. The summed E-state index contributed by atoms with van der Waals surface area (Å²) in [6.07, 6.45) is 0.421. The van der Waals surface area contributed by atoms with E-state index in [4.69, 9.17) is 10.8 Å². The molecule has 0 aliphatic heterocycles. The summed E-state index contributed by atoms with van der Waals surface area (Å²) in [4.78, 5) is 21.1. The second kappa shape index (κ2) is 5.68. The number of rotatable bonds is 6. The van der Waals surface area contributed by atoms with Crippen LogP contribution >= 0.6 is 0 Å². The van der Waals surface area contributed by atoms with Crippen molar-refractivity contribution in [3.63, 3.8) is 0 Å². The number of aliphatic carboxylic acids is 1. The number of nitrogens with two attached hydrogens (primary N) is 1. The van der Waals surface area contributed by atoms with Gasteiger partial charge in [0, 0.05) is 6.42 Å². The lowest BCUT2D eigenvalue weighted by Gasteiger charge is -2.04. The van der Waals surface area contributed by atoms with Crippen LogP contribution in [0.4, 0.5) is 0 Å². The fourth-order valence-electron chi connectivity index (χ4n) is 0.726.